The Bertz CT molecular complexity index is 2100. The minimum Gasteiger partial charge on any atom is -0.271 e. The molecule has 0 aromatic heterocycles. The Kier molecular flexibility index (Phi) is 5.85. The van der Waals surface area contributed by atoms with E-state index in [2.05, 4.69) is 13.8 Å². The molecular formula is C38H30N2O4. The Morgan fingerprint density at radius 1 is 0.500 bits per heavy atom. The Labute approximate surface area is 254 Å². The summed E-state index contributed by atoms with van der Waals surface area (Å²) in [7, 11) is 0. The zero-order valence-electron chi connectivity index (χ0n) is 24.6. The summed E-state index contributed by atoms with van der Waals surface area (Å²) in [5.41, 5.74) is 2.60. The van der Waals surface area contributed by atoms with Crippen LogP contribution in [-0.4, -0.2) is 34.6 Å². The van der Waals surface area contributed by atoms with E-state index in [1.54, 1.807) is 24.3 Å². The number of imide groups is 2. The number of rotatable bonds is 7. The number of carbonyl (C=O) groups is 4. The first-order valence-corrected chi connectivity index (χ1v) is 15.5. The molecule has 1 unspecified atom stereocenters. The third-order valence-electron chi connectivity index (χ3n) is 9.56. The number of para-hydroxylation sites is 1. The lowest BCUT2D eigenvalue weighted by atomic mass is 9.82. The van der Waals surface area contributed by atoms with E-state index in [0.717, 1.165) is 64.4 Å². The van der Waals surface area contributed by atoms with Crippen molar-refractivity contribution in [2.75, 3.05) is 4.90 Å². The first-order valence-electron chi connectivity index (χ1n) is 15.5. The molecule has 6 heteroatoms. The van der Waals surface area contributed by atoms with Crippen LogP contribution in [0.1, 0.15) is 87.4 Å². The lowest BCUT2D eigenvalue weighted by molar-refractivity contribution is 0.0519. The third kappa shape index (κ3) is 3.42. The number of hydrogen-bond donors (Lipinski definition) is 0. The van der Waals surface area contributed by atoms with Crippen molar-refractivity contribution in [3.05, 3.63) is 101 Å². The molecule has 6 aromatic carbocycles. The van der Waals surface area contributed by atoms with Crippen molar-refractivity contribution in [1.29, 1.82) is 0 Å². The van der Waals surface area contributed by atoms with Crippen LogP contribution in [-0.2, 0) is 0 Å². The van der Waals surface area contributed by atoms with Gasteiger partial charge in [-0.1, -0.05) is 75.6 Å². The quantitative estimate of drug-likeness (QED) is 0.108. The van der Waals surface area contributed by atoms with Crippen molar-refractivity contribution in [3.8, 4) is 0 Å². The predicted octanol–water partition coefficient (Wildman–Crippen LogP) is 8.49. The van der Waals surface area contributed by atoms with Gasteiger partial charge in [-0.2, -0.15) is 0 Å². The molecule has 1 atom stereocenters. The highest BCUT2D eigenvalue weighted by molar-refractivity contribution is 6.43. The zero-order valence-corrected chi connectivity index (χ0v) is 24.6. The van der Waals surface area contributed by atoms with Crippen LogP contribution in [0.2, 0.25) is 0 Å². The average Bonchev–Trinajstić information content (AvgIpc) is 3.04. The van der Waals surface area contributed by atoms with Crippen LogP contribution >= 0.6 is 0 Å². The fraction of sp³-hybridized carbons (Fsp3) is 0.211. The van der Waals surface area contributed by atoms with Gasteiger partial charge in [-0.05, 0) is 81.6 Å². The van der Waals surface area contributed by atoms with E-state index in [1.165, 1.54) is 9.80 Å². The van der Waals surface area contributed by atoms with E-state index in [1.807, 2.05) is 54.6 Å². The fourth-order valence-electron chi connectivity index (χ4n) is 7.61. The van der Waals surface area contributed by atoms with Gasteiger partial charge in [0.1, 0.15) is 0 Å². The normalized spacial score (nSPS) is 15.5. The summed E-state index contributed by atoms with van der Waals surface area (Å²) in [6.45, 7) is 4.21. The van der Waals surface area contributed by atoms with Crippen molar-refractivity contribution in [1.82, 2.24) is 4.90 Å². The number of hydrogen-bond acceptors (Lipinski definition) is 4. The highest BCUT2D eigenvalue weighted by Crippen LogP contribution is 2.46. The van der Waals surface area contributed by atoms with Crippen LogP contribution in [0.25, 0.3) is 43.1 Å². The SMILES string of the molecule is CCCCC(CCC)N1C(=O)c2ccc3c4ccc5c6c(ccc(c7ccc(c2c37)C1=O)c64)C(=O)N(c1ccccc1)C5=O. The smallest absolute Gasteiger partial charge is 0.265 e. The Morgan fingerprint density at radius 2 is 0.955 bits per heavy atom. The number of fused-ring (bicyclic) bond motifs is 2. The van der Waals surface area contributed by atoms with Crippen LogP contribution in [0.4, 0.5) is 5.69 Å². The largest absolute Gasteiger partial charge is 0.271 e. The standard InChI is InChI=1S/C38H30N2O4/c1-3-5-10-21(9-4-2)39-35(41)27-17-13-23-25-15-19-29-34-30(38(44)40(37(29)43)22-11-7-6-8-12-22)20-16-26(32(25)34)24-14-18-28(36(39)42)33(27)31(23)24/h6-8,11-21H,3-5,9-10H2,1-2H3. The van der Waals surface area contributed by atoms with Crippen molar-refractivity contribution in [2.24, 2.45) is 0 Å². The number of nitrogens with zero attached hydrogens (tertiary/aromatic N) is 2. The summed E-state index contributed by atoms with van der Waals surface area (Å²) in [5, 5.41) is 6.63. The van der Waals surface area contributed by atoms with E-state index in [0.29, 0.717) is 38.7 Å². The maximum atomic E-state index is 14.0. The minimum absolute atomic E-state index is 0.127. The van der Waals surface area contributed by atoms with Gasteiger partial charge < -0.3 is 0 Å². The summed E-state index contributed by atoms with van der Waals surface area (Å²) in [6, 6.07) is 24.0. The van der Waals surface area contributed by atoms with Crippen LogP contribution in [0.3, 0.4) is 0 Å². The van der Waals surface area contributed by atoms with Gasteiger partial charge in [0.25, 0.3) is 23.6 Å². The van der Waals surface area contributed by atoms with E-state index in [4.69, 9.17) is 0 Å². The fourth-order valence-corrected chi connectivity index (χ4v) is 7.61. The molecule has 4 amide bonds. The molecule has 0 spiro atoms. The van der Waals surface area contributed by atoms with Crippen molar-refractivity contribution in [3.63, 3.8) is 0 Å². The van der Waals surface area contributed by atoms with Gasteiger partial charge in [0.2, 0.25) is 0 Å². The monoisotopic (exact) mass is 578 g/mol. The van der Waals surface area contributed by atoms with E-state index < -0.39 is 0 Å². The Morgan fingerprint density at radius 3 is 1.39 bits per heavy atom. The first-order chi connectivity index (χ1) is 21.5. The molecule has 44 heavy (non-hydrogen) atoms. The molecule has 0 aliphatic carbocycles. The van der Waals surface area contributed by atoms with Gasteiger partial charge in [0.05, 0.1) is 5.69 Å². The van der Waals surface area contributed by atoms with E-state index in [9.17, 15) is 19.2 Å². The number of carbonyl (C=O) groups excluding carboxylic acids is 4. The predicted molar refractivity (Wildman–Crippen MR) is 174 cm³/mol. The second-order valence-electron chi connectivity index (χ2n) is 12.0. The molecule has 0 fully saturated rings. The van der Waals surface area contributed by atoms with Crippen molar-refractivity contribution >= 4 is 72.4 Å². The molecule has 0 saturated heterocycles. The van der Waals surface area contributed by atoms with Crippen LogP contribution in [0.15, 0.2) is 78.9 Å². The van der Waals surface area contributed by atoms with Crippen LogP contribution in [0, 0.1) is 0 Å². The molecule has 0 saturated carbocycles. The van der Waals surface area contributed by atoms with E-state index >= 15 is 0 Å². The van der Waals surface area contributed by atoms with Crippen LogP contribution < -0.4 is 4.90 Å². The summed E-state index contributed by atoms with van der Waals surface area (Å²) in [5.74, 6) is -1.16. The van der Waals surface area contributed by atoms with Gasteiger partial charge in [0, 0.05) is 39.1 Å². The molecule has 6 nitrogen and oxygen atoms in total. The molecule has 8 rings (SSSR count). The maximum Gasteiger partial charge on any atom is 0.265 e. The highest BCUT2D eigenvalue weighted by atomic mass is 16.2. The molecule has 2 aliphatic heterocycles. The number of unbranched alkanes of at least 4 members (excludes halogenated alkanes) is 1. The maximum absolute atomic E-state index is 14.0. The summed E-state index contributed by atoms with van der Waals surface area (Å²) >= 11 is 0. The molecule has 2 aliphatic rings. The Balaban J connectivity index is 1.37. The molecule has 6 aromatic rings. The summed E-state index contributed by atoms with van der Waals surface area (Å²) < 4.78 is 0. The van der Waals surface area contributed by atoms with Gasteiger partial charge >= 0.3 is 0 Å². The highest BCUT2D eigenvalue weighted by Gasteiger charge is 2.39. The molecule has 2 heterocycles. The number of benzene rings is 6. The Hall–Kier alpha value is -5.10. The van der Waals surface area contributed by atoms with Gasteiger partial charge in [-0.15, -0.1) is 0 Å². The van der Waals surface area contributed by atoms with Crippen molar-refractivity contribution < 1.29 is 19.2 Å². The summed E-state index contributed by atoms with van der Waals surface area (Å²) in [6.07, 6.45) is 4.44. The zero-order chi connectivity index (χ0) is 30.3. The summed E-state index contributed by atoms with van der Waals surface area (Å²) in [4.78, 5) is 58.5. The lowest BCUT2D eigenvalue weighted by Gasteiger charge is -2.34. The van der Waals surface area contributed by atoms with E-state index in [-0.39, 0.29) is 29.7 Å². The van der Waals surface area contributed by atoms with Gasteiger partial charge in [-0.3, -0.25) is 24.1 Å². The third-order valence-corrected chi connectivity index (χ3v) is 9.56. The van der Waals surface area contributed by atoms with Gasteiger partial charge in [0.15, 0.2) is 0 Å². The molecule has 216 valence electrons. The molecular weight excluding hydrogens is 548 g/mol. The number of amides is 4. The average molecular weight is 579 g/mol. The minimum atomic E-state index is -0.352. The van der Waals surface area contributed by atoms with Crippen molar-refractivity contribution in [2.45, 2.75) is 52.0 Å². The second-order valence-corrected chi connectivity index (χ2v) is 12.0. The van der Waals surface area contributed by atoms with Crippen LogP contribution in [0.5, 0.6) is 0 Å². The number of anilines is 1. The first kappa shape index (κ1) is 26.5. The topological polar surface area (TPSA) is 74.8 Å². The molecule has 0 N–H and O–H groups in total. The second kappa shape index (κ2) is 9.71. The van der Waals surface area contributed by atoms with Gasteiger partial charge in [-0.25, -0.2) is 4.90 Å². The molecule has 0 bridgehead atoms. The molecule has 0 radical (unpaired) electrons. The lowest BCUT2D eigenvalue weighted by Crippen LogP contribution is -2.47.